The van der Waals surface area contributed by atoms with Gasteiger partial charge < -0.3 is 24.7 Å². The highest BCUT2D eigenvalue weighted by Crippen LogP contribution is 2.22. The number of aliphatic carboxylic acids is 1. The van der Waals surface area contributed by atoms with Gasteiger partial charge in [0.25, 0.3) is 0 Å². The number of likely N-dealkylation sites (tertiary alicyclic amines) is 2. The number of ether oxygens (including phenoxy) is 1. The fourth-order valence-electron chi connectivity index (χ4n) is 2.92. The van der Waals surface area contributed by atoms with Crippen molar-refractivity contribution in [3.05, 3.63) is 0 Å². The van der Waals surface area contributed by atoms with Crippen molar-refractivity contribution in [3.8, 4) is 0 Å². The van der Waals surface area contributed by atoms with Crippen LogP contribution in [0.5, 0.6) is 0 Å². The molecule has 2 heterocycles. The number of hydrogen-bond donors (Lipinski definition) is 2. The van der Waals surface area contributed by atoms with Crippen LogP contribution < -0.4 is 0 Å². The number of amides is 2. The van der Waals surface area contributed by atoms with E-state index >= 15 is 0 Å². The lowest BCUT2D eigenvalue weighted by molar-refractivity contribution is -0.141. The molecule has 0 aliphatic carbocycles. The van der Waals surface area contributed by atoms with Gasteiger partial charge in [-0.25, -0.2) is 9.59 Å². The van der Waals surface area contributed by atoms with Gasteiger partial charge in [0.1, 0.15) is 6.04 Å². The zero-order chi connectivity index (χ0) is 14.7. The number of carbonyl (C=O) groups excluding carboxylic acids is 1. The van der Waals surface area contributed by atoms with Gasteiger partial charge >= 0.3 is 12.0 Å². The summed E-state index contributed by atoms with van der Waals surface area (Å²) in [5, 5.41) is 18.7. The monoisotopic (exact) mass is 286 g/mol. The minimum Gasteiger partial charge on any atom is -0.480 e. The fourth-order valence-corrected chi connectivity index (χ4v) is 2.92. The standard InChI is InChI=1S/C13H22N2O5/c1-2-20-10-4-3-5-14(8-10)13(19)15-7-9(16)6-11(15)12(17)18/h9-11,16H,2-8H2,1H3,(H,17,18)/t9?,10?,11-/m0/s1. The molecule has 0 saturated carbocycles. The number of aliphatic hydroxyl groups is 1. The normalized spacial score (nSPS) is 30.6. The third-order valence-electron chi connectivity index (χ3n) is 3.86. The summed E-state index contributed by atoms with van der Waals surface area (Å²) in [4.78, 5) is 26.5. The van der Waals surface area contributed by atoms with E-state index in [1.54, 1.807) is 4.90 Å². The van der Waals surface area contributed by atoms with E-state index in [2.05, 4.69) is 0 Å². The van der Waals surface area contributed by atoms with Crippen molar-refractivity contribution in [2.45, 2.75) is 44.4 Å². The number of piperidine rings is 1. The maximum atomic E-state index is 12.4. The van der Waals surface area contributed by atoms with E-state index in [1.807, 2.05) is 6.92 Å². The molecule has 20 heavy (non-hydrogen) atoms. The molecule has 2 rings (SSSR count). The Balaban J connectivity index is 2.00. The van der Waals surface area contributed by atoms with Crippen LogP contribution in [-0.2, 0) is 9.53 Å². The average Bonchev–Trinajstić information content (AvgIpc) is 2.81. The molecular formula is C13H22N2O5. The first-order chi connectivity index (χ1) is 9.52. The zero-order valence-electron chi connectivity index (χ0n) is 11.7. The van der Waals surface area contributed by atoms with Gasteiger partial charge in [-0.15, -0.1) is 0 Å². The molecule has 7 nitrogen and oxygen atoms in total. The van der Waals surface area contributed by atoms with Crippen LogP contribution in [0.3, 0.4) is 0 Å². The highest BCUT2D eigenvalue weighted by molar-refractivity contribution is 5.83. The lowest BCUT2D eigenvalue weighted by Crippen LogP contribution is -2.52. The number of aliphatic hydroxyl groups excluding tert-OH is 1. The summed E-state index contributed by atoms with van der Waals surface area (Å²) in [5.41, 5.74) is 0. The van der Waals surface area contributed by atoms with Crippen LogP contribution >= 0.6 is 0 Å². The Kier molecular flexibility index (Phi) is 4.82. The number of carboxylic acids is 1. The van der Waals surface area contributed by atoms with Crippen molar-refractivity contribution in [2.75, 3.05) is 26.2 Å². The van der Waals surface area contributed by atoms with Gasteiger partial charge in [0.05, 0.1) is 12.2 Å². The van der Waals surface area contributed by atoms with Gasteiger partial charge in [-0.2, -0.15) is 0 Å². The summed E-state index contributed by atoms with van der Waals surface area (Å²) in [5.74, 6) is -1.06. The van der Waals surface area contributed by atoms with Crippen molar-refractivity contribution in [3.63, 3.8) is 0 Å². The SMILES string of the molecule is CCOC1CCCN(C(=O)N2CC(O)C[C@H]2C(=O)O)C1. The van der Waals surface area contributed by atoms with Crippen LogP contribution in [0.1, 0.15) is 26.2 Å². The molecule has 114 valence electrons. The molecule has 0 aromatic heterocycles. The molecule has 0 aromatic rings. The van der Waals surface area contributed by atoms with Crippen molar-refractivity contribution < 1.29 is 24.5 Å². The molecule has 7 heteroatoms. The predicted molar refractivity (Wildman–Crippen MR) is 70.4 cm³/mol. The zero-order valence-corrected chi connectivity index (χ0v) is 11.7. The number of urea groups is 1. The highest BCUT2D eigenvalue weighted by atomic mass is 16.5. The van der Waals surface area contributed by atoms with Gasteiger partial charge in [-0.1, -0.05) is 0 Å². The van der Waals surface area contributed by atoms with E-state index in [-0.39, 0.29) is 25.1 Å². The molecule has 2 N–H and O–H groups in total. The van der Waals surface area contributed by atoms with Crippen LogP contribution in [0, 0.1) is 0 Å². The topological polar surface area (TPSA) is 90.3 Å². The van der Waals surface area contributed by atoms with Gasteiger partial charge in [0, 0.05) is 32.7 Å². The second-order valence-electron chi connectivity index (χ2n) is 5.34. The summed E-state index contributed by atoms with van der Waals surface area (Å²) in [6.07, 6.45) is 1.14. The quantitative estimate of drug-likeness (QED) is 0.769. The number of hydrogen-bond acceptors (Lipinski definition) is 4. The highest BCUT2D eigenvalue weighted by Gasteiger charge is 2.41. The van der Waals surface area contributed by atoms with Gasteiger partial charge in [0.15, 0.2) is 0 Å². The van der Waals surface area contributed by atoms with Crippen LogP contribution in [0.4, 0.5) is 4.79 Å². The second-order valence-corrected chi connectivity index (χ2v) is 5.34. The lowest BCUT2D eigenvalue weighted by atomic mass is 10.1. The van der Waals surface area contributed by atoms with E-state index < -0.39 is 18.1 Å². The molecule has 0 radical (unpaired) electrons. The van der Waals surface area contributed by atoms with E-state index in [9.17, 15) is 14.7 Å². The molecule has 0 spiro atoms. The van der Waals surface area contributed by atoms with Crippen LogP contribution in [0.25, 0.3) is 0 Å². The van der Waals surface area contributed by atoms with Gasteiger partial charge in [-0.3, -0.25) is 0 Å². The predicted octanol–water partition coefficient (Wildman–Crippen LogP) is 0.127. The molecule has 0 bridgehead atoms. The maximum Gasteiger partial charge on any atom is 0.326 e. The second kappa shape index (κ2) is 6.41. The number of carbonyl (C=O) groups is 2. The third-order valence-corrected chi connectivity index (χ3v) is 3.86. The first-order valence-corrected chi connectivity index (χ1v) is 7.11. The minimum absolute atomic E-state index is 0.0218. The minimum atomic E-state index is -1.06. The number of carboxylic acid groups (broad SMARTS) is 1. The molecule has 2 fully saturated rings. The molecule has 3 atom stereocenters. The molecule has 2 saturated heterocycles. The van der Waals surface area contributed by atoms with Crippen LogP contribution in [-0.4, -0.2) is 76.5 Å². The largest absolute Gasteiger partial charge is 0.480 e. The Bertz CT molecular complexity index is 374. The van der Waals surface area contributed by atoms with E-state index in [0.29, 0.717) is 19.7 Å². The Morgan fingerprint density at radius 1 is 1.35 bits per heavy atom. The smallest absolute Gasteiger partial charge is 0.326 e. The Morgan fingerprint density at radius 2 is 2.10 bits per heavy atom. The summed E-state index contributed by atoms with van der Waals surface area (Å²) in [6.45, 7) is 3.71. The van der Waals surface area contributed by atoms with Crippen LogP contribution in [0.2, 0.25) is 0 Å². The Labute approximate surface area is 118 Å². The number of nitrogens with zero attached hydrogens (tertiary/aromatic N) is 2. The number of rotatable bonds is 3. The van der Waals surface area contributed by atoms with Gasteiger partial charge in [-0.05, 0) is 19.8 Å². The summed E-state index contributed by atoms with van der Waals surface area (Å²) >= 11 is 0. The van der Waals surface area contributed by atoms with E-state index in [1.165, 1.54) is 4.90 Å². The molecule has 2 amide bonds. The van der Waals surface area contributed by atoms with Crippen molar-refractivity contribution in [1.82, 2.24) is 9.80 Å². The molecule has 2 aliphatic heterocycles. The van der Waals surface area contributed by atoms with Crippen molar-refractivity contribution in [1.29, 1.82) is 0 Å². The van der Waals surface area contributed by atoms with E-state index in [0.717, 1.165) is 12.8 Å². The molecule has 2 unspecified atom stereocenters. The maximum absolute atomic E-state index is 12.4. The van der Waals surface area contributed by atoms with E-state index in [4.69, 9.17) is 9.84 Å². The number of β-amino-alcohol motifs (C(OH)–C–C–N with tert-alkyl or cyclic N) is 1. The lowest BCUT2D eigenvalue weighted by Gasteiger charge is -2.36. The summed E-state index contributed by atoms with van der Waals surface area (Å²) < 4.78 is 5.54. The third kappa shape index (κ3) is 3.21. The Morgan fingerprint density at radius 3 is 2.75 bits per heavy atom. The van der Waals surface area contributed by atoms with Crippen molar-refractivity contribution >= 4 is 12.0 Å². The van der Waals surface area contributed by atoms with Crippen LogP contribution in [0.15, 0.2) is 0 Å². The summed E-state index contributed by atoms with van der Waals surface area (Å²) in [7, 11) is 0. The first kappa shape index (κ1) is 15.1. The van der Waals surface area contributed by atoms with Gasteiger partial charge in [0.2, 0.25) is 0 Å². The average molecular weight is 286 g/mol. The fraction of sp³-hybridized carbons (Fsp3) is 0.846. The van der Waals surface area contributed by atoms with Crippen molar-refractivity contribution in [2.24, 2.45) is 0 Å². The molecular weight excluding hydrogens is 264 g/mol. The molecule has 2 aliphatic rings. The summed E-state index contributed by atoms with van der Waals surface area (Å²) in [6, 6.07) is -1.23. The molecule has 0 aromatic carbocycles. The Hall–Kier alpha value is -1.34. The first-order valence-electron chi connectivity index (χ1n) is 7.11.